The molecule has 8 aromatic rings. The van der Waals surface area contributed by atoms with Crippen LogP contribution in [-0.4, -0.2) is 215 Å². The van der Waals surface area contributed by atoms with Crippen LogP contribution in [0.15, 0.2) is 56.9 Å². The number of nitrogens with one attached hydrogen (secondary N) is 5. The molecule has 12 bridgehead atoms. The van der Waals surface area contributed by atoms with Crippen LogP contribution < -0.4 is 32.3 Å². The third kappa shape index (κ3) is 14.5. The lowest BCUT2D eigenvalue weighted by Gasteiger charge is -2.48. The van der Waals surface area contributed by atoms with Crippen molar-refractivity contribution in [3.05, 3.63) is 112 Å². The summed E-state index contributed by atoms with van der Waals surface area (Å²) >= 11 is 4.52. The number of aromatic hydroxyl groups is 1. The number of aliphatic hydroxyl groups is 2. The van der Waals surface area contributed by atoms with E-state index in [1.807, 2.05) is 0 Å². The average molecular weight is 1480 g/mol. The number of methoxy groups -OCH3 is 1. The van der Waals surface area contributed by atoms with Gasteiger partial charge in [-0.05, 0) is 73.6 Å². The fraction of sp³-hybridized carbons (Fsp3) is 0.397. The lowest BCUT2D eigenvalue weighted by atomic mass is 9.85. The first-order chi connectivity index (χ1) is 48.1. The molecule has 12 rings (SSSR count). The Morgan fingerprint density at radius 3 is 2.21 bits per heavy atom. The second-order valence-corrected chi connectivity index (χ2v) is 29.1. The lowest BCUT2D eigenvalue weighted by molar-refractivity contribution is -0.280. The number of cyclic esters (lactones) is 2. The van der Waals surface area contributed by atoms with Gasteiger partial charge in [-0.3, -0.25) is 28.8 Å². The maximum atomic E-state index is 15.2. The van der Waals surface area contributed by atoms with Crippen LogP contribution in [-0.2, 0) is 56.0 Å². The van der Waals surface area contributed by atoms with Crippen molar-refractivity contribution < 1.29 is 87.3 Å². The van der Waals surface area contributed by atoms with E-state index in [4.69, 9.17) is 49.1 Å². The molecule has 6 amide bonds. The number of primary amides is 1. The maximum Gasteiger partial charge on any atom is 0.358 e. The summed E-state index contributed by atoms with van der Waals surface area (Å²) in [5.41, 5.74) is 2.87. The van der Waals surface area contributed by atoms with Crippen molar-refractivity contribution >= 4 is 121 Å². The monoisotopic (exact) mass is 1480 g/mol. The normalized spacial score (nSPS) is 24.1. The molecule has 7 unspecified atom stereocenters. The second-order valence-electron chi connectivity index (χ2n) is 24.7. The summed E-state index contributed by atoms with van der Waals surface area (Å²) in [6, 6.07) is -0.440. The summed E-state index contributed by atoms with van der Waals surface area (Å²) in [4.78, 5) is 147. The van der Waals surface area contributed by atoms with Gasteiger partial charge in [-0.2, -0.15) is 4.73 Å². The highest BCUT2D eigenvalue weighted by Crippen LogP contribution is 2.43. The zero-order valence-corrected chi connectivity index (χ0v) is 59.2. The van der Waals surface area contributed by atoms with Crippen molar-refractivity contribution in [1.82, 2.24) is 71.0 Å². The van der Waals surface area contributed by atoms with Crippen LogP contribution in [0.4, 0.5) is 0 Å². The summed E-state index contributed by atoms with van der Waals surface area (Å²) in [5.74, 6) is -7.94. The van der Waals surface area contributed by atoms with Gasteiger partial charge in [0.15, 0.2) is 18.1 Å². The SMILES string of the molecule is COC(C)=C1NC(=O)C(C(C)O)NC(=O)c2csc(n2)-c2cc(O)c(-c3nc(C(=O)NC(CN(C)C)C(N)=O)cs3)nc2-c2csc(n2)C2COC(=O)c3c4c5c(cccc5n3O)COC(=O)C(O[C@H]3C[C@](C)(O)[C@H](N(C)C)[C@H](C)O3)C(OC4)C(NC(=O)c3csc1n3)c1nc(cs1)C(=O)N2. The first-order valence-electron chi connectivity index (χ1n) is 31.0. The van der Waals surface area contributed by atoms with Gasteiger partial charge in [0, 0.05) is 56.4 Å². The summed E-state index contributed by atoms with van der Waals surface area (Å²) in [5, 5.41) is 68.0. The highest BCUT2D eigenvalue weighted by molar-refractivity contribution is 7.14. The van der Waals surface area contributed by atoms with Crippen LogP contribution in [0.3, 0.4) is 0 Å². The molecule has 0 spiro atoms. The first-order valence-corrected chi connectivity index (χ1v) is 35.4. The largest absolute Gasteiger partial charge is 0.506 e. The molecule has 532 valence electrons. The number of rotatable bonds is 11. The predicted molar refractivity (Wildman–Crippen MR) is 363 cm³/mol. The van der Waals surface area contributed by atoms with E-state index in [-0.39, 0.29) is 111 Å². The number of carbonyl (C=O) groups excluding carboxylic acids is 8. The van der Waals surface area contributed by atoms with Gasteiger partial charge in [-0.1, -0.05) is 12.1 Å². The molecule has 1 fully saturated rings. The summed E-state index contributed by atoms with van der Waals surface area (Å²) in [6.45, 7) is 4.32. The Kier molecular flexibility index (Phi) is 20.5. The number of carbonyl (C=O) groups is 8. The second kappa shape index (κ2) is 29.0. The zero-order valence-electron chi connectivity index (χ0n) is 55.2. The highest BCUT2D eigenvalue weighted by atomic mass is 32.1. The van der Waals surface area contributed by atoms with Gasteiger partial charge in [-0.25, -0.2) is 39.5 Å². The number of pyridine rings is 1. The molecule has 0 aliphatic carbocycles. The summed E-state index contributed by atoms with van der Waals surface area (Å²) < 4.78 is 38.3. The van der Waals surface area contributed by atoms with Crippen molar-refractivity contribution in [2.24, 2.45) is 5.73 Å². The van der Waals surface area contributed by atoms with Crippen LogP contribution >= 0.6 is 56.7 Å². The highest BCUT2D eigenvalue weighted by Gasteiger charge is 2.50. The van der Waals surface area contributed by atoms with Gasteiger partial charge in [-0.15, -0.1) is 56.7 Å². The van der Waals surface area contributed by atoms with Gasteiger partial charge < -0.3 is 91.1 Å². The quantitative estimate of drug-likeness (QED) is 0.0504. The van der Waals surface area contributed by atoms with Crippen LogP contribution in [0.25, 0.3) is 49.3 Å². The van der Waals surface area contributed by atoms with Crippen LogP contribution in [0, 0.1) is 0 Å². The van der Waals surface area contributed by atoms with Crippen LogP contribution in [0.1, 0.15) is 125 Å². The minimum atomic E-state index is -1.92. The Balaban J connectivity index is 1.03. The molecule has 1 aromatic carbocycles. The number of ether oxygens (including phenoxy) is 6. The van der Waals surface area contributed by atoms with E-state index in [9.17, 15) is 39.7 Å². The Bertz CT molecular complexity index is 4630. The number of thiazole rings is 5. The predicted octanol–water partition coefficient (Wildman–Crippen LogP) is 3.31. The molecule has 11 atom stereocenters. The number of nitrogens with two attached hydrogens (primary N) is 1. The lowest BCUT2D eigenvalue weighted by Crippen LogP contribution is -2.62. The van der Waals surface area contributed by atoms with Crippen molar-refractivity contribution in [2.75, 3.05) is 48.5 Å². The molecular formula is C63H67N15O18S5. The number of hydrogen-bond donors (Lipinski definition) is 10. The van der Waals surface area contributed by atoms with Gasteiger partial charge in [0.05, 0.1) is 43.1 Å². The Hall–Kier alpha value is -9.32. The standard InChI is InChI=1S/C63H67N15O18S5/c1-24(79)41-55(86)74-42(25(2)91-9)58-69-36(23-99-58)54(85)75-45-47-48(96-39-14-63(4,89)49(77(7)8)26(3)95-39)62(88)93-16-27-11-10-12-37-40(27)29(17-92-47)46(78(37)90)61(87)94-18-31(66-52(83)34-22-101-60(45)71-34)57-67-32(19-98-57)43-28(56-68-35(20-97-56)53(84)73-41)13-38(80)44(72-43)59-70-33(21-100-59)51(82)65-30(50(64)81)15-76(5)6/h10-13,19-24,26,30-31,39,41,45,47-49,79-80,89-90H,14-18H2,1-9H3,(H2,64,81)(H,65,82)(H,66,83)(H,73,84)(H,74,86)(H,75,85)/t24?,26-,30?,31?,39-,41?,45?,47?,48?,49+,63-/m0/s1. The van der Waals surface area contributed by atoms with E-state index >= 15 is 19.2 Å². The molecule has 7 aromatic heterocycles. The minimum Gasteiger partial charge on any atom is -0.506 e. The van der Waals surface area contributed by atoms with Gasteiger partial charge >= 0.3 is 11.9 Å². The molecule has 33 nitrogen and oxygen atoms in total. The van der Waals surface area contributed by atoms with Gasteiger partial charge in [0.1, 0.15) is 126 Å². The summed E-state index contributed by atoms with van der Waals surface area (Å²) in [6.07, 6.45) is -7.56. The summed E-state index contributed by atoms with van der Waals surface area (Å²) in [7, 11) is 8.22. The van der Waals surface area contributed by atoms with Gasteiger partial charge in [0.2, 0.25) is 11.8 Å². The molecule has 4 aliphatic rings. The first kappa shape index (κ1) is 71.5. The van der Waals surface area contributed by atoms with Crippen LogP contribution in [0.5, 0.6) is 5.75 Å². The number of esters is 2. The number of aromatic nitrogens is 7. The van der Waals surface area contributed by atoms with Crippen molar-refractivity contribution in [2.45, 2.75) is 114 Å². The van der Waals surface area contributed by atoms with E-state index in [0.717, 1.165) is 56.7 Å². The number of hydrogen-bond acceptors (Lipinski definition) is 31. The Morgan fingerprint density at radius 1 is 0.842 bits per heavy atom. The fourth-order valence-electron chi connectivity index (χ4n) is 12.3. The van der Waals surface area contributed by atoms with E-state index in [1.165, 1.54) is 60.0 Å². The third-order valence-electron chi connectivity index (χ3n) is 17.0. The van der Waals surface area contributed by atoms with Crippen LogP contribution in [0.2, 0.25) is 0 Å². The number of benzene rings is 1. The topological polar surface area (TPSA) is 448 Å². The zero-order chi connectivity index (χ0) is 72.2. The number of likely N-dealkylation sites (N-methyl/N-ethyl adjacent to an activating group) is 2. The maximum absolute atomic E-state index is 15.2. The number of fused-ring (bicyclic) bond motifs is 15. The molecule has 0 radical (unpaired) electrons. The Labute approximate surface area is 593 Å². The number of allylic oxidation sites excluding steroid dienone is 1. The molecular weight excluding hydrogens is 1420 g/mol. The molecule has 11 N–H and O–H groups in total. The number of nitrogens with zero attached hydrogens (tertiary/aromatic N) is 9. The molecule has 11 heterocycles. The van der Waals surface area contributed by atoms with E-state index in [2.05, 4.69) is 41.5 Å². The van der Waals surface area contributed by atoms with Crippen molar-refractivity contribution in [1.29, 1.82) is 0 Å². The minimum absolute atomic E-state index is 0.0120. The van der Waals surface area contributed by atoms with Gasteiger partial charge in [0.25, 0.3) is 23.6 Å². The molecule has 38 heteroatoms. The average Bonchev–Trinajstić information content (AvgIpc) is 1.64. The van der Waals surface area contributed by atoms with Crippen molar-refractivity contribution in [3.8, 4) is 38.4 Å². The number of amides is 6. The fourth-order valence-corrected chi connectivity index (χ4v) is 16.5. The third-order valence-corrected chi connectivity index (χ3v) is 21.4. The molecule has 101 heavy (non-hydrogen) atoms. The van der Waals surface area contributed by atoms with E-state index < -0.39 is 145 Å². The molecule has 0 saturated carbocycles. The van der Waals surface area contributed by atoms with E-state index in [0.29, 0.717) is 10.3 Å². The Morgan fingerprint density at radius 2 is 1.50 bits per heavy atom. The van der Waals surface area contributed by atoms with E-state index in [1.54, 1.807) is 64.0 Å². The molecule has 1 saturated heterocycles. The smallest absolute Gasteiger partial charge is 0.358 e. The molecule has 4 aliphatic heterocycles. The number of aliphatic hydroxyl groups excluding tert-OH is 1. The van der Waals surface area contributed by atoms with Crippen molar-refractivity contribution in [3.63, 3.8) is 0 Å².